The molecule has 1 atom stereocenters. The third-order valence-corrected chi connectivity index (χ3v) is 4.14. The van der Waals surface area contributed by atoms with Crippen LogP contribution in [0.25, 0.3) is 0 Å². The number of rotatable bonds is 8. The lowest BCUT2D eigenvalue weighted by Crippen LogP contribution is -2.47. The zero-order valence-electron chi connectivity index (χ0n) is 12.0. The van der Waals surface area contributed by atoms with Gasteiger partial charge in [-0.1, -0.05) is 18.2 Å². The van der Waals surface area contributed by atoms with Gasteiger partial charge >= 0.3 is 5.97 Å². The first-order chi connectivity index (χ1) is 9.37. The number of aromatic amines is 1. The lowest BCUT2D eigenvalue weighted by atomic mass is 9.95. The number of nitrogens with one attached hydrogen (secondary N) is 2. The molecule has 20 heavy (non-hydrogen) atoms. The molecule has 0 fully saturated rings. The van der Waals surface area contributed by atoms with Crippen molar-refractivity contribution in [3.05, 3.63) is 22.1 Å². The van der Waals surface area contributed by atoms with Gasteiger partial charge in [-0.05, 0) is 33.7 Å². The number of carboxylic acid groups (broad SMARTS) is 1. The third-order valence-electron chi connectivity index (χ3n) is 3.18. The van der Waals surface area contributed by atoms with Crippen LogP contribution in [0.3, 0.4) is 0 Å². The average Bonchev–Trinajstić information content (AvgIpc) is 2.36. The molecule has 0 aliphatic carbocycles. The molecule has 1 rings (SSSR count). The summed E-state index contributed by atoms with van der Waals surface area (Å²) in [6.07, 6.45) is 2.23. The van der Waals surface area contributed by atoms with E-state index in [4.69, 9.17) is 5.11 Å². The first-order valence-corrected chi connectivity index (χ1v) is 7.49. The van der Waals surface area contributed by atoms with Gasteiger partial charge in [-0.2, -0.15) is 0 Å². The number of carboxylic acids is 1. The molecule has 6 nitrogen and oxygen atoms in total. The highest BCUT2D eigenvalue weighted by molar-refractivity contribution is 7.99. The smallest absolute Gasteiger partial charge is 0.323 e. The summed E-state index contributed by atoms with van der Waals surface area (Å²) in [5, 5.41) is 12.6. The van der Waals surface area contributed by atoms with E-state index in [1.165, 1.54) is 17.8 Å². The van der Waals surface area contributed by atoms with Crippen LogP contribution in [-0.2, 0) is 4.79 Å². The minimum atomic E-state index is -0.874. The Hall–Kier alpha value is -1.34. The molecule has 0 aliphatic heterocycles. The fraction of sp³-hybridized carbons (Fsp3) is 0.615. The molecule has 0 bridgehead atoms. The molecule has 0 aromatic carbocycles. The van der Waals surface area contributed by atoms with Crippen LogP contribution in [0.5, 0.6) is 0 Å². The molecule has 0 saturated heterocycles. The largest absolute Gasteiger partial charge is 0.480 e. The summed E-state index contributed by atoms with van der Waals surface area (Å²) in [6, 6.07) is 1.45. The monoisotopic (exact) mass is 299 g/mol. The maximum atomic E-state index is 11.3. The minimum Gasteiger partial charge on any atom is -0.480 e. The molecule has 0 radical (unpaired) electrons. The predicted molar refractivity (Wildman–Crippen MR) is 79.3 cm³/mol. The zero-order chi connectivity index (χ0) is 15.2. The maximum absolute atomic E-state index is 11.3. The Morgan fingerprint density at radius 2 is 2.25 bits per heavy atom. The molecule has 7 heteroatoms. The Labute approximate surface area is 122 Å². The van der Waals surface area contributed by atoms with E-state index in [0.29, 0.717) is 17.3 Å². The zero-order valence-corrected chi connectivity index (χ0v) is 12.8. The van der Waals surface area contributed by atoms with Crippen LogP contribution >= 0.6 is 11.8 Å². The third kappa shape index (κ3) is 4.97. The number of nitrogens with zero attached hydrogens (tertiary/aromatic N) is 1. The first kappa shape index (κ1) is 16.7. The van der Waals surface area contributed by atoms with Gasteiger partial charge in [0, 0.05) is 17.5 Å². The van der Waals surface area contributed by atoms with Crippen molar-refractivity contribution in [1.82, 2.24) is 15.3 Å². The highest BCUT2D eigenvalue weighted by Gasteiger charge is 2.29. The molecule has 0 aliphatic rings. The van der Waals surface area contributed by atoms with Crippen LogP contribution in [0.4, 0.5) is 0 Å². The van der Waals surface area contributed by atoms with E-state index in [1.54, 1.807) is 20.9 Å². The molecular weight excluding hydrogens is 278 g/mol. The van der Waals surface area contributed by atoms with E-state index < -0.39 is 11.5 Å². The molecule has 0 amide bonds. The number of likely N-dealkylation sites (N-methyl/N-ethyl adjacent to an activating group) is 1. The molecule has 3 N–H and O–H groups in total. The van der Waals surface area contributed by atoms with Crippen molar-refractivity contribution in [2.24, 2.45) is 0 Å². The molecule has 0 saturated carbocycles. The molecular formula is C13H21N3O3S. The van der Waals surface area contributed by atoms with Crippen molar-refractivity contribution in [1.29, 1.82) is 0 Å². The van der Waals surface area contributed by atoms with Gasteiger partial charge in [-0.3, -0.25) is 9.59 Å². The number of aliphatic carboxylic acids is 1. The molecule has 1 aromatic heterocycles. The number of hydrogen-bond donors (Lipinski definition) is 3. The van der Waals surface area contributed by atoms with Crippen LogP contribution in [-0.4, -0.2) is 39.4 Å². The summed E-state index contributed by atoms with van der Waals surface area (Å²) < 4.78 is 0. The second-order valence-corrected chi connectivity index (χ2v) is 5.97. The molecule has 1 heterocycles. The van der Waals surface area contributed by atoms with Gasteiger partial charge in [0.05, 0.1) is 0 Å². The fourth-order valence-electron chi connectivity index (χ4n) is 1.71. The minimum absolute atomic E-state index is 0.145. The van der Waals surface area contributed by atoms with Crippen LogP contribution in [0.15, 0.2) is 16.0 Å². The van der Waals surface area contributed by atoms with Gasteiger partial charge in [0.25, 0.3) is 5.56 Å². The van der Waals surface area contributed by atoms with E-state index in [0.717, 1.165) is 18.6 Å². The number of hydrogen-bond acceptors (Lipinski definition) is 5. The topological polar surface area (TPSA) is 95.1 Å². The summed E-state index contributed by atoms with van der Waals surface area (Å²) in [5.74, 6) is -0.0384. The van der Waals surface area contributed by atoms with E-state index in [1.807, 2.05) is 0 Å². The fourth-order valence-corrected chi connectivity index (χ4v) is 2.63. The van der Waals surface area contributed by atoms with Gasteiger partial charge < -0.3 is 15.4 Å². The summed E-state index contributed by atoms with van der Waals surface area (Å²) in [6.45, 7) is 3.46. The standard InChI is InChI=1S/C13H21N3O3S/c1-9-8-10(17)16-12(15-9)20-7-5-4-6-13(2,14-3)11(18)19/h8,14H,4-7H2,1-3H3,(H,18,19)(H,15,16,17). The molecule has 1 unspecified atom stereocenters. The van der Waals surface area contributed by atoms with Gasteiger partial charge in [0.15, 0.2) is 5.16 Å². The van der Waals surface area contributed by atoms with Crippen LogP contribution in [0.2, 0.25) is 0 Å². The van der Waals surface area contributed by atoms with Crippen LogP contribution in [0.1, 0.15) is 31.9 Å². The Kier molecular flexibility index (Phi) is 6.22. The van der Waals surface area contributed by atoms with Crippen molar-refractivity contribution in [3.63, 3.8) is 0 Å². The summed E-state index contributed by atoms with van der Waals surface area (Å²) in [4.78, 5) is 29.3. The number of thioether (sulfide) groups is 1. The van der Waals surface area contributed by atoms with Crippen molar-refractivity contribution < 1.29 is 9.90 Å². The van der Waals surface area contributed by atoms with Gasteiger partial charge in [-0.15, -0.1) is 0 Å². The predicted octanol–water partition coefficient (Wildman–Crippen LogP) is 1.40. The van der Waals surface area contributed by atoms with E-state index in [9.17, 15) is 9.59 Å². The summed E-state index contributed by atoms with van der Waals surface area (Å²) in [5.41, 5.74) is -0.320. The highest BCUT2D eigenvalue weighted by Crippen LogP contribution is 2.18. The lowest BCUT2D eigenvalue weighted by molar-refractivity contribution is -0.144. The summed E-state index contributed by atoms with van der Waals surface area (Å²) >= 11 is 1.48. The van der Waals surface area contributed by atoms with Gasteiger partial charge in [0.1, 0.15) is 5.54 Å². The second-order valence-electron chi connectivity index (χ2n) is 4.88. The Morgan fingerprint density at radius 1 is 1.55 bits per heavy atom. The molecule has 0 spiro atoms. The average molecular weight is 299 g/mol. The normalized spacial score (nSPS) is 13.9. The van der Waals surface area contributed by atoms with E-state index >= 15 is 0 Å². The number of aromatic nitrogens is 2. The quantitative estimate of drug-likeness (QED) is 0.381. The second kappa shape index (κ2) is 7.44. The van der Waals surface area contributed by atoms with Gasteiger partial charge in [0.2, 0.25) is 0 Å². The maximum Gasteiger partial charge on any atom is 0.323 e. The van der Waals surface area contributed by atoms with Gasteiger partial charge in [-0.25, -0.2) is 4.98 Å². The molecule has 1 aromatic rings. The van der Waals surface area contributed by atoms with Crippen LogP contribution in [0, 0.1) is 6.92 Å². The highest BCUT2D eigenvalue weighted by atomic mass is 32.2. The SMILES string of the molecule is CNC(C)(CCCCSc1nc(C)cc(=O)[nH]1)C(=O)O. The molecule has 112 valence electrons. The number of unbranched alkanes of at least 4 members (excludes halogenated alkanes) is 1. The van der Waals surface area contributed by atoms with E-state index in [-0.39, 0.29) is 5.56 Å². The van der Waals surface area contributed by atoms with Crippen molar-refractivity contribution in [2.45, 2.75) is 43.8 Å². The lowest BCUT2D eigenvalue weighted by Gasteiger charge is -2.23. The number of aryl methyl sites for hydroxylation is 1. The van der Waals surface area contributed by atoms with Crippen molar-refractivity contribution in [2.75, 3.05) is 12.8 Å². The van der Waals surface area contributed by atoms with Crippen LogP contribution < -0.4 is 10.9 Å². The first-order valence-electron chi connectivity index (χ1n) is 6.50. The number of carbonyl (C=O) groups is 1. The Morgan fingerprint density at radius 3 is 2.80 bits per heavy atom. The Balaban J connectivity index is 2.35. The Bertz CT molecular complexity index is 518. The summed E-state index contributed by atoms with van der Waals surface area (Å²) in [7, 11) is 1.66. The number of H-pyrrole nitrogens is 1. The van der Waals surface area contributed by atoms with Crippen molar-refractivity contribution in [3.8, 4) is 0 Å². The van der Waals surface area contributed by atoms with Crippen molar-refractivity contribution >= 4 is 17.7 Å². The van der Waals surface area contributed by atoms with E-state index in [2.05, 4.69) is 15.3 Å².